The Morgan fingerprint density at radius 3 is 2.35 bits per heavy atom. The maximum absolute atomic E-state index is 10.7. The van der Waals surface area contributed by atoms with Gasteiger partial charge in [0.05, 0.1) is 6.54 Å². The maximum Gasteiger partial charge on any atom is 0.317 e. The molecule has 1 aliphatic heterocycles. The van der Waals surface area contributed by atoms with Crippen LogP contribution in [0.25, 0.3) is 0 Å². The lowest BCUT2D eigenvalue weighted by molar-refractivity contribution is -0.138. The van der Waals surface area contributed by atoms with Crippen LogP contribution >= 0.6 is 11.6 Å². The molecule has 0 amide bonds. The first-order chi connectivity index (χ1) is 9.60. The smallest absolute Gasteiger partial charge is 0.317 e. The molecular formula is C15H21ClN2O2. The number of benzene rings is 1. The van der Waals surface area contributed by atoms with E-state index in [-0.39, 0.29) is 6.54 Å². The summed E-state index contributed by atoms with van der Waals surface area (Å²) in [5, 5.41) is 9.58. The van der Waals surface area contributed by atoms with Crippen molar-refractivity contribution in [2.75, 3.05) is 32.7 Å². The molecule has 0 aromatic heterocycles. The van der Waals surface area contributed by atoms with Crippen molar-refractivity contribution in [3.63, 3.8) is 0 Å². The highest BCUT2D eigenvalue weighted by Crippen LogP contribution is 2.26. The predicted octanol–water partition coefficient (Wildman–Crippen LogP) is 2.49. The molecule has 1 aliphatic rings. The number of rotatable bonds is 5. The second-order valence-corrected chi connectivity index (χ2v) is 5.62. The Morgan fingerprint density at radius 1 is 1.25 bits per heavy atom. The number of nitrogens with zero attached hydrogens (tertiary/aromatic N) is 2. The van der Waals surface area contributed by atoms with Gasteiger partial charge in [0.25, 0.3) is 0 Å². The molecule has 0 bridgehead atoms. The van der Waals surface area contributed by atoms with Crippen molar-refractivity contribution in [3.8, 4) is 0 Å². The summed E-state index contributed by atoms with van der Waals surface area (Å²) in [7, 11) is 0. The van der Waals surface area contributed by atoms with Gasteiger partial charge in [-0.15, -0.1) is 0 Å². The Morgan fingerprint density at radius 2 is 1.85 bits per heavy atom. The first-order valence-corrected chi connectivity index (χ1v) is 7.41. The Bertz CT molecular complexity index is 442. The normalized spacial score (nSPS) is 18.9. The average molecular weight is 297 g/mol. The number of piperazine rings is 1. The van der Waals surface area contributed by atoms with Gasteiger partial charge in [0.1, 0.15) is 0 Å². The van der Waals surface area contributed by atoms with E-state index in [9.17, 15) is 4.79 Å². The SMILES string of the molecule is CCC(c1ccc(Cl)cc1)N1CCN(CC(=O)O)CC1. The molecular weight excluding hydrogens is 276 g/mol. The summed E-state index contributed by atoms with van der Waals surface area (Å²) in [6, 6.07) is 8.42. The van der Waals surface area contributed by atoms with E-state index in [4.69, 9.17) is 16.7 Å². The van der Waals surface area contributed by atoms with Crippen LogP contribution in [0.5, 0.6) is 0 Å². The number of carboxylic acid groups (broad SMARTS) is 1. The van der Waals surface area contributed by atoms with Gasteiger partial charge in [-0.25, -0.2) is 0 Å². The number of halogens is 1. The van der Waals surface area contributed by atoms with E-state index in [1.54, 1.807) is 0 Å². The van der Waals surface area contributed by atoms with Crippen molar-refractivity contribution in [2.24, 2.45) is 0 Å². The summed E-state index contributed by atoms with van der Waals surface area (Å²) in [6.07, 6.45) is 1.04. The van der Waals surface area contributed by atoms with Crippen LogP contribution in [0.1, 0.15) is 24.9 Å². The molecule has 1 atom stereocenters. The molecule has 1 unspecified atom stereocenters. The van der Waals surface area contributed by atoms with Crippen LogP contribution in [0, 0.1) is 0 Å². The number of hydrogen-bond acceptors (Lipinski definition) is 3. The Labute approximate surface area is 124 Å². The lowest BCUT2D eigenvalue weighted by atomic mass is 10.0. The van der Waals surface area contributed by atoms with Gasteiger partial charge >= 0.3 is 5.97 Å². The molecule has 1 aromatic rings. The van der Waals surface area contributed by atoms with E-state index < -0.39 is 5.97 Å². The first kappa shape index (κ1) is 15.3. The molecule has 1 heterocycles. The van der Waals surface area contributed by atoms with Gasteiger partial charge in [0.15, 0.2) is 0 Å². The summed E-state index contributed by atoms with van der Waals surface area (Å²) < 4.78 is 0. The van der Waals surface area contributed by atoms with E-state index >= 15 is 0 Å². The standard InChI is InChI=1S/C15H21ClN2O2/c1-2-14(12-3-5-13(16)6-4-12)18-9-7-17(8-10-18)11-15(19)20/h3-6,14H,2,7-11H2,1H3,(H,19,20). The molecule has 4 nitrogen and oxygen atoms in total. The largest absolute Gasteiger partial charge is 0.480 e. The third kappa shape index (κ3) is 3.95. The van der Waals surface area contributed by atoms with Gasteiger partial charge in [0, 0.05) is 37.2 Å². The summed E-state index contributed by atoms with van der Waals surface area (Å²) >= 11 is 5.94. The average Bonchev–Trinajstić information content (AvgIpc) is 2.43. The highest BCUT2D eigenvalue weighted by Gasteiger charge is 2.24. The number of hydrogen-bond donors (Lipinski definition) is 1. The fourth-order valence-corrected chi connectivity index (χ4v) is 2.94. The second kappa shape index (κ2) is 7.07. The highest BCUT2D eigenvalue weighted by molar-refractivity contribution is 6.30. The number of aliphatic carboxylic acids is 1. The minimum atomic E-state index is -0.747. The van der Waals surface area contributed by atoms with E-state index in [0.29, 0.717) is 6.04 Å². The first-order valence-electron chi connectivity index (χ1n) is 7.04. The summed E-state index contributed by atoms with van der Waals surface area (Å²) in [5.41, 5.74) is 1.28. The van der Waals surface area contributed by atoms with E-state index in [0.717, 1.165) is 37.6 Å². The summed E-state index contributed by atoms with van der Waals surface area (Å²) in [5.74, 6) is -0.747. The minimum absolute atomic E-state index is 0.144. The molecule has 0 spiro atoms. The van der Waals surface area contributed by atoms with Gasteiger partial charge < -0.3 is 5.11 Å². The third-order valence-electron chi connectivity index (χ3n) is 3.85. The molecule has 0 aliphatic carbocycles. The van der Waals surface area contributed by atoms with Crippen LogP contribution in [-0.4, -0.2) is 53.6 Å². The van der Waals surface area contributed by atoms with Crippen LogP contribution < -0.4 is 0 Å². The van der Waals surface area contributed by atoms with Crippen molar-refractivity contribution >= 4 is 17.6 Å². The zero-order chi connectivity index (χ0) is 14.5. The van der Waals surface area contributed by atoms with E-state index in [1.165, 1.54) is 5.56 Å². The molecule has 0 radical (unpaired) electrons. The van der Waals surface area contributed by atoms with Crippen LogP contribution in [-0.2, 0) is 4.79 Å². The molecule has 1 fully saturated rings. The molecule has 1 saturated heterocycles. The number of carbonyl (C=O) groups is 1. The predicted molar refractivity (Wildman–Crippen MR) is 80.1 cm³/mol. The molecule has 1 aromatic carbocycles. The lowest BCUT2D eigenvalue weighted by Gasteiger charge is -2.38. The molecule has 0 saturated carbocycles. The Balaban J connectivity index is 1.96. The monoisotopic (exact) mass is 296 g/mol. The van der Waals surface area contributed by atoms with Crippen molar-refractivity contribution < 1.29 is 9.90 Å². The zero-order valence-electron chi connectivity index (χ0n) is 11.8. The van der Waals surface area contributed by atoms with Crippen LogP contribution in [0.15, 0.2) is 24.3 Å². The second-order valence-electron chi connectivity index (χ2n) is 5.18. The van der Waals surface area contributed by atoms with Crippen LogP contribution in [0.3, 0.4) is 0 Å². The van der Waals surface area contributed by atoms with Crippen molar-refractivity contribution in [1.29, 1.82) is 0 Å². The topological polar surface area (TPSA) is 43.8 Å². The van der Waals surface area contributed by atoms with Crippen molar-refractivity contribution in [1.82, 2.24) is 9.80 Å². The van der Waals surface area contributed by atoms with Crippen LogP contribution in [0.2, 0.25) is 5.02 Å². The quantitative estimate of drug-likeness (QED) is 0.907. The Kier molecular flexibility index (Phi) is 5.40. The van der Waals surface area contributed by atoms with E-state index in [1.807, 2.05) is 17.0 Å². The molecule has 5 heteroatoms. The van der Waals surface area contributed by atoms with Crippen molar-refractivity contribution in [3.05, 3.63) is 34.9 Å². The minimum Gasteiger partial charge on any atom is -0.480 e. The van der Waals surface area contributed by atoms with Gasteiger partial charge in [0.2, 0.25) is 0 Å². The van der Waals surface area contributed by atoms with Crippen LogP contribution in [0.4, 0.5) is 0 Å². The maximum atomic E-state index is 10.7. The zero-order valence-corrected chi connectivity index (χ0v) is 12.5. The van der Waals surface area contributed by atoms with Gasteiger partial charge in [-0.1, -0.05) is 30.7 Å². The lowest BCUT2D eigenvalue weighted by Crippen LogP contribution is -2.48. The fourth-order valence-electron chi connectivity index (χ4n) is 2.81. The molecule has 2 rings (SSSR count). The highest BCUT2D eigenvalue weighted by atomic mass is 35.5. The van der Waals surface area contributed by atoms with Gasteiger partial charge in [-0.2, -0.15) is 0 Å². The molecule has 20 heavy (non-hydrogen) atoms. The summed E-state index contributed by atoms with van der Waals surface area (Å²) in [6.45, 7) is 5.78. The molecule has 1 N–H and O–H groups in total. The third-order valence-corrected chi connectivity index (χ3v) is 4.10. The summed E-state index contributed by atoms with van der Waals surface area (Å²) in [4.78, 5) is 15.2. The fraction of sp³-hybridized carbons (Fsp3) is 0.533. The van der Waals surface area contributed by atoms with Gasteiger partial charge in [-0.3, -0.25) is 14.6 Å². The molecule has 110 valence electrons. The Hall–Kier alpha value is -1.10. The van der Waals surface area contributed by atoms with Crippen molar-refractivity contribution in [2.45, 2.75) is 19.4 Å². The van der Waals surface area contributed by atoms with E-state index in [2.05, 4.69) is 24.0 Å². The van der Waals surface area contributed by atoms with Gasteiger partial charge in [-0.05, 0) is 24.1 Å². The number of carboxylic acids is 1.